The first-order chi connectivity index (χ1) is 13.9. The lowest BCUT2D eigenvalue weighted by Gasteiger charge is -2.07. The van der Waals surface area contributed by atoms with Gasteiger partial charge in [0, 0.05) is 11.9 Å². The Hall–Kier alpha value is -2.93. The normalized spacial score (nSPS) is 11.5. The highest BCUT2D eigenvalue weighted by molar-refractivity contribution is 7.14. The molecule has 2 aromatic heterocycles. The standard InChI is InChI=1S/C22H25N3O3S/c1-5-28-22(27)19-16(11-14(2)3)13-29-20(19)23-12-18-15(4)24-25(21(18)26)17-9-7-6-8-10-17/h6-10,12-14,24H,5,11H2,1-4H3. The van der Waals surface area contributed by atoms with E-state index in [0.29, 0.717) is 34.3 Å². The van der Waals surface area contributed by atoms with Gasteiger partial charge in [-0.15, -0.1) is 11.3 Å². The predicted octanol–water partition coefficient (Wildman–Crippen LogP) is 4.66. The number of benzene rings is 1. The van der Waals surface area contributed by atoms with Crippen LogP contribution in [0.1, 0.15) is 48.0 Å². The molecular formula is C22H25N3O3S. The van der Waals surface area contributed by atoms with Crippen LogP contribution in [0.2, 0.25) is 0 Å². The molecule has 0 bridgehead atoms. The van der Waals surface area contributed by atoms with Crippen LogP contribution in [0.4, 0.5) is 5.00 Å². The molecule has 0 aliphatic carbocycles. The topological polar surface area (TPSA) is 76.4 Å². The number of aromatic amines is 1. The number of thiophene rings is 1. The van der Waals surface area contributed by atoms with Gasteiger partial charge in [0.15, 0.2) is 0 Å². The molecule has 3 rings (SSSR count). The van der Waals surface area contributed by atoms with Gasteiger partial charge in [0.2, 0.25) is 0 Å². The number of nitrogens with one attached hydrogen (secondary N) is 1. The molecule has 0 aliphatic rings. The molecule has 29 heavy (non-hydrogen) atoms. The van der Waals surface area contributed by atoms with Crippen molar-refractivity contribution in [1.82, 2.24) is 9.78 Å². The zero-order chi connectivity index (χ0) is 21.0. The predicted molar refractivity (Wildman–Crippen MR) is 117 cm³/mol. The first-order valence-corrected chi connectivity index (χ1v) is 10.5. The fourth-order valence-electron chi connectivity index (χ4n) is 3.08. The van der Waals surface area contributed by atoms with Gasteiger partial charge in [0.25, 0.3) is 5.56 Å². The summed E-state index contributed by atoms with van der Waals surface area (Å²) >= 11 is 1.39. The average Bonchev–Trinajstić information content (AvgIpc) is 3.21. The third-order valence-corrected chi connectivity index (χ3v) is 5.33. The number of carbonyl (C=O) groups is 1. The van der Waals surface area contributed by atoms with E-state index in [2.05, 4.69) is 23.9 Å². The number of nitrogens with zero attached hydrogens (tertiary/aromatic N) is 2. The van der Waals surface area contributed by atoms with Crippen LogP contribution in [0.3, 0.4) is 0 Å². The van der Waals surface area contributed by atoms with Crippen LogP contribution in [0.15, 0.2) is 45.5 Å². The third kappa shape index (κ3) is 4.56. The summed E-state index contributed by atoms with van der Waals surface area (Å²) in [6.45, 7) is 8.12. The number of hydrogen-bond acceptors (Lipinski definition) is 5. The zero-order valence-corrected chi connectivity index (χ0v) is 17.9. The smallest absolute Gasteiger partial charge is 0.341 e. The summed E-state index contributed by atoms with van der Waals surface area (Å²) in [4.78, 5) is 29.8. The van der Waals surface area contributed by atoms with Gasteiger partial charge in [-0.05, 0) is 49.3 Å². The van der Waals surface area contributed by atoms with Gasteiger partial charge in [0.05, 0.1) is 23.4 Å². The summed E-state index contributed by atoms with van der Waals surface area (Å²) in [6, 6.07) is 9.36. The van der Waals surface area contributed by atoms with Crippen molar-refractivity contribution in [3.8, 4) is 5.69 Å². The number of aromatic nitrogens is 2. The molecule has 0 atom stereocenters. The number of esters is 1. The van der Waals surface area contributed by atoms with Crippen LogP contribution in [-0.4, -0.2) is 28.6 Å². The number of carbonyl (C=O) groups excluding carboxylic acids is 1. The van der Waals surface area contributed by atoms with Crippen LogP contribution < -0.4 is 5.56 Å². The van der Waals surface area contributed by atoms with E-state index >= 15 is 0 Å². The number of hydrogen-bond donors (Lipinski definition) is 1. The number of aryl methyl sites for hydroxylation is 1. The quantitative estimate of drug-likeness (QED) is 0.454. The molecule has 0 saturated heterocycles. The highest BCUT2D eigenvalue weighted by atomic mass is 32.1. The lowest BCUT2D eigenvalue weighted by atomic mass is 10.0. The fourth-order valence-corrected chi connectivity index (χ4v) is 4.00. The summed E-state index contributed by atoms with van der Waals surface area (Å²) in [5.41, 5.74) is 3.17. The molecule has 0 fully saturated rings. The van der Waals surface area contributed by atoms with Crippen LogP contribution in [0, 0.1) is 12.8 Å². The van der Waals surface area contributed by atoms with Crippen LogP contribution in [-0.2, 0) is 11.2 Å². The maximum Gasteiger partial charge on any atom is 0.341 e. The average molecular weight is 412 g/mol. The van der Waals surface area contributed by atoms with Gasteiger partial charge in [-0.3, -0.25) is 9.89 Å². The van der Waals surface area contributed by atoms with E-state index in [0.717, 1.165) is 17.7 Å². The second-order valence-electron chi connectivity index (χ2n) is 7.14. The molecule has 1 aromatic carbocycles. The molecule has 0 saturated carbocycles. The van der Waals surface area contributed by atoms with E-state index in [9.17, 15) is 9.59 Å². The lowest BCUT2D eigenvalue weighted by molar-refractivity contribution is 0.0526. The van der Waals surface area contributed by atoms with E-state index in [1.54, 1.807) is 6.92 Å². The molecule has 0 spiro atoms. The second kappa shape index (κ2) is 9.05. The minimum Gasteiger partial charge on any atom is -0.462 e. The molecule has 7 heteroatoms. The number of para-hydroxylation sites is 1. The van der Waals surface area contributed by atoms with Crippen molar-refractivity contribution in [2.24, 2.45) is 10.9 Å². The Bertz CT molecular complexity index is 1070. The second-order valence-corrected chi connectivity index (χ2v) is 8.00. The highest BCUT2D eigenvalue weighted by Crippen LogP contribution is 2.33. The van der Waals surface area contributed by atoms with E-state index in [1.165, 1.54) is 22.2 Å². The summed E-state index contributed by atoms with van der Waals surface area (Å²) in [6.07, 6.45) is 2.30. The van der Waals surface area contributed by atoms with E-state index in [-0.39, 0.29) is 11.5 Å². The van der Waals surface area contributed by atoms with Crippen molar-refractivity contribution in [3.05, 3.63) is 68.4 Å². The molecule has 152 valence electrons. The van der Waals surface area contributed by atoms with Crippen LogP contribution in [0.25, 0.3) is 5.69 Å². The number of ether oxygens (including phenoxy) is 1. The Morgan fingerprint density at radius 2 is 2.03 bits per heavy atom. The van der Waals surface area contributed by atoms with Gasteiger partial charge >= 0.3 is 5.97 Å². The minimum absolute atomic E-state index is 0.186. The van der Waals surface area contributed by atoms with Gasteiger partial charge in [0.1, 0.15) is 5.00 Å². The van der Waals surface area contributed by atoms with Crippen molar-refractivity contribution in [1.29, 1.82) is 0 Å². The Morgan fingerprint density at radius 1 is 1.31 bits per heavy atom. The monoisotopic (exact) mass is 411 g/mol. The molecule has 0 aliphatic heterocycles. The summed E-state index contributed by atoms with van der Waals surface area (Å²) in [7, 11) is 0. The zero-order valence-electron chi connectivity index (χ0n) is 17.1. The van der Waals surface area contributed by atoms with E-state index in [4.69, 9.17) is 4.74 Å². The van der Waals surface area contributed by atoms with Crippen LogP contribution in [0.5, 0.6) is 0 Å². The third-order valence-electron chi connectivity index (χ3n) is 4.40. The van der Waals surface area contributed by atoms with Gasteiger partial charge in [-0.2, -0.15) is 0 Å². The molecule has 0 amide bonds. The van der Waals surface area contributed by atoms with Crippen LogP contribution >= 0.6 is 11.3 Å². The largest absolute Gasteiger partial charge is 0.462 e. The summed E-state index contributed by atoms with van der Waals surface area (Å²) in [5.74, 6) is 0.0311. The van der Waals surface area contributed by atoms with E-state index < -0.39 is 0 Å². The molecule has 0 radical (unpaired) electrons. The highest BCUT2D eigenvalue weighted by Gasteiger charge is 2.21. The summed E-state index contributed by atoms with van der Waals surface area (Å²) in [5, 5.41) is 5.59. The SMILES string of the molecule is CCOC(=O)c1c(CC(C)C)csc1N=Cc1c(C)[nH]n(-c2ccccc2)c1=O. The summed E-state index contributed by atoms with van der Waals surface area (Å²) < 4.78 is 6.72. The molecule has 2 heterocycles. The Kier molecular flexibility index (Phi) is 6.49. The molecule has 6 nitrogen and oxygen atoms in total. The maximum absolute atomic E-state index is 12.8. The van der Waals surface area contributed by atoms with E-state index in [1.807, 2.05) is 42.6 Å². The first-order valence-electron chi connectivity index (χ1n) is 9.61. The minimum atomic E-state index is -0.371. The fraction of sp³-hybridized carbons (Fsp3) is 0.318. The van der Waals surface area contributed by atoms with Gasteiger partial charge < -0.3 is 4.74 Å². The van der Waals surface area contributed by atoms with Crippen molar-refractivity contribution in [2.75, 3.05) is 6.61 Å². The maximum atomic E-state index is 12.8. The number of aliphatic imine (C=N–C) groups is 1. The van der Waals surface area contributed by atoms with Crippen molar-refractivity contribution in [2.45, 2.75) is 34.1 Å². The van der Waals surface area contributed by atoms with Gasteiger partial charge in [-0.25, -0.2) is 14.5 Å². The van der Waals surface area contributed by atoms with Gasteiger partial charge in [-0.1, -0.05) is 32.0 Å². The van der Waals surface area contributed by atoms with Crippen molar-refractivity contribution in [3.63, 3.8) is 0 Å². The molecule has 3 aromatic rings. The van der Waals surface area contributed by atoms with Crippen molar-refractivity contribution < 1.29 is 9.53 Å². The Labute approximate surface area is 173 Å². The van der Waals surface area contributed by atoms with Crippen molar-refractivity contribution >= 4 is 28.5 Å². The lowest BCUT2D eigenvalue weighted by Crippen LogP contribution is -2.17. The first kappa shape index (κ1) is 20.8. The number of H-pyrrole nitrogens is 1. The molecular weight excluding hydrogens is 386 g/mol. The number of rotatable bonds is 7. The molecule has 0 unspecified atom stereocenters. The molecule has 1 N–H and O–H groups in total. The Balaban J connectivity index is 1.98. The Morgan fingerprint density at radius 3 is 2.69 bits per heavy atom.